The van der Waals surface area contributed by atoms with E-state index in [4.69, 9.17) is 10.8 Å². The van der Waals surface area contributed by atoms with E-state index in [0.29, 0.717) is 0 Å². The molecule has 0 aromatic carbocycles. The van der Waals surface area contributed by atoms with Gasteiger partial charge in [0.15, 0.2) is 0 Å². The standard InChI is InChI=1S/C6H9NOS/c1-4-2-3-9-5(4)6(7)8/h2-3,6,8H,7H2,1H3. The molecule has 0 saturated carbocycles. The molecule has 1 heterocycles. The average Bonchev–Trinajstić information content (AvgIpc) is 2.13. The molecule has 0 amide bonds. The molecule has 0 fully saturated rings. The molecule has 0 spiro atoms. The van der Waals surface area contributed by atoms with Gasteiger partial charge in [0.05, 0.1) is 4.88 Å². The SMILES string of the molecule is Cc1ccsc1C(N)O. The molecule has 0 aliphatic carbocycles. The molecule has 50 valence electrons. The van der Waals surface area contributed by atoms with Gasteiger partial charge in [0.25, 0.3) is 0 Å². The zero-order valence-corrected chi connectivity index (χ0v) is 5.98. The van der Waals surface area contributed by atoms with Gasteiger partial charge < -0.3 is 10.8 Å². The Hall–Kier alpha value is -0.380. The predicted octanol–water partition coefficient (Wildman–Crippen LogP) is 1.01. The normalized spacial score (nSPS) is 13.7. The molecule has 0 aliphatic rings. The van der Waals surface area contributed by atoms with E-state index >= 15 is 0 Å². The minimum atomic E-state index is -0.801. The van der Waals surface area contributed by atoms with Crippen LogP contribution in [0.2, 0.25) is 0 Å². The number of hydrogen-bond acceptors (Lipinski definition) is 3. The van der Waals surface area contributed by atoms with E-state index in [1.165, 1.54) is 11.3 Å². The Bertz CT molecular complexity index is 195. The van der Waals surface area contributed by atoms with E-state index in [1.54, 1.807) is 0 Å². The monoisotopic (exact) mass is 143 g/mol. The molecule has 0 radical (unpaired) electrons. The van der Waals surface area contributed by atoms with E-state index < -0.39 is 6.23 Å². The van der Waals surface area contributed by atoms with Crippen LogP contribution in [0, 0.1) is 6.92 Å². The molecule has 0 saturated heterocycles. The Morgan fingerprint density at radius 3 is 2.67 bits per heavy atom. The topological polar surface area (TPSA) is 46.2 Å². The Balaban J connectivity index is 2.94. The van der Waals surface area contributed by atoms with Crippen LogP contribution in [-0.2, 0) is 0 Å². The molecule has 1 unspecified atom stereocenters. The van der Waals surface area contributed by atoms with Gasteiger partial charge in [-0.25, -0.2) is 0 Å². The summed E-state index contributed by atoms with van der Waals surface area (Å²) in [5, 5.41) is 10.8. The number of thiophene rings is 1. The Morgan fingerprint density at radius 2 is 2.44 bits per heavy atom. The van der Waals surface area contributed by atoms with Gasteiger partial charge in [0, 0.05) is 0 Å². The summed E-state index contributed by atoms with van der Waals surface area (Å²) < 4.78 is 0. The van der Waals surface area contributed by atoms with E-state index in [-0.39, 0.29) is 0 Å². The zero-order valence-electron chi connectivity index (χ0n) is 5.16. The van der Waals surface area contributed by atoms with Crippen molar-refractivity contribution in [3.8, 4) is 0 Å². The Kier molecular flexibility index (Phi) is 1.85. The lowest BCUT2D eigenvalue weighted by atomic mass is 10.3. The van der Waals surface area contributed by atoms with E-state index in [9.17, 15) is 0 Å². The highest BCUT2D eigenvalue weighted by molar-refractivity contribution is 7.10. The van der Waals surface area contributed by atoms with Crippen LogP contribution >= 0.6 is 11.3 Å². The van der Waals surface area contributed by atoms with Gasteiger partial charge in [0.2, 0.25) is 0 Å². The fraction of sp³-hybridized carbons (Fsp3) is 0.333. The molecule has 3 heteroatoms. The minimum absolute atomic E-state index is 0.801. The molecule has 2 nitrogen and oxygen atoms in total. The van der Waals surface area contributed by atoms with E-state index in [1.807, 2.05) is 18.4 Å². The average molecular weight is 143 g/mol. The van der Waals surface area contributed by atoms with Crippen LogP contribution in [0.1, 0.15) is 16.7 Å². The maximum Gasteiger partial charge on any atom is 0.138 e. The van der Waals surface area contributed by atoms with Crippen molar-refractivity contribution in [1.82, 2.24) is 0 Å². The maximum absolute atomic E-state index is 8.88. The number of hydrogen-bond donors (Lipinski definition) is 2. The molecule has 0 bridgehead atoms. The van der Waals surface area contributed by atoms with Gasteiger partial charge in [-0.3, -0.25) is 0 Å². The van der Waals surface area contributed by atoms with Gasteiger partial charge >= 0.3 is 0 Å². The van der Waals surface area contributed by atoms with Crippen LogP contribution in [0.4, 0.5) is 0 Å². The lowest BCUT2D eigenvalue weighted by Crippen LogP contribution is -2.07. The van der Waals surface area contributed by atoms with Crippen molar-refractivity contribution in [2.75, 3.05) is 0 Å². The fourth-order valence-corrected chi connectivity index (χ4v) is 1.50. The molecular formula is C6H9NOS. The van der Waals surface area contributed by atoms with Crippen LogP contribution < -0.4 is 5.73 Å². The largest absolute Gasteiger partial charge is 0.374 e. The highest BCUT2D eigenvalue weighted by atomic mass is 32.1. The number of aliphatic hydroxyl groups is 1. The second-order valence-corrected chi connectivity index (χ2v) is 2.86. The minimum Gasteiger partial charge on any atom is -0.374 e. The van der Waals surface area contributed by atoms with Crippen molar-refractivity contribution in [2.45, 2.75) is 13.2 Å². The summed E-state index contributed by atoms with van der Waals surface area (Å²) >= 11 is 1.48. The number of rotatable bonds is 1. The molecule has 1 rings (SSSR count). The third kappa shape index (κ3) is 1.30. The van der Waals surface area contributed by atoms with Crippen LogP contribution in [0.15, 0.2) is 11.4 Å². The lowest BCUT2D eigenvalue weighted by Gasteiger charge is -2.00. The second kappa shape index (κ2) is 2.47. The van der Waals surface area contributed by atoms with Crippen LogP contribution in [0.5, 0.6) is 0 Å². The summed E-state index contributed by atoms with van der Waals surface area (Å²) in [5.74, 6) is 0. The lowest BCUT2D eigenvalue weighted by molar-refractivity contribution is 0.189. The highest BCUT2D eigenvalue weighted by Crippen LogP contribution is 2.19. The molecular weight excluding hydrogens is 134 g/mol. The summed E-state index contributed by atoms with van der Waals surface area (Å²) in [5.41, 5.74) is 6.29. The predicted molar refractivity (Wildman–Crippen MR) is 38.2 cm³/mol. The van der Waals surface area contributed by atoms with Crippen LogP contribution in [-0.4, -0.2) is 5.11 Å². The zero-order chi connectivity index (χ0) is 6.85. The van der Waals surface area contributed by atoms with Crippen molar-refractivity contribution >= 4 is 11.3 Å². The number of aliphatic hydroxyl groups excluding tert-OH is 1. The first-order valence-corrected chi connectivity index (χ1v) is 3.57. The molecule has 1 aromatic rings. The van der Waals surface area contributed by atoms with Gasteiger partial charge in [-0.15, -0.1) is 11.3 Å². The third-order valence-corrected chi connectivity index (χ3v) is 2.26. The van der Waals surface area contributed by atoms with Crippen molar-refractivity contribution in [2.24, 2.45) is 5.73 Å². The molecule has 1 aromatic heterocycles. The molecule has 9 heavy (non-hydrogen) atoms. The summed E-state index contributed by atoms with van der Waals surface area (Å²) in [6.07, 6.45) is -0.801. The van der Waals surface area contributed by atoms with Crippen LogP contribution in [0.3, 0.4) is 0 Å². The summed E-state index contributed by atoms with van der Waals surface area (Å²) in [6, 6.07) is 1.94. The van der Waals surface area contributed by atoms with Gasteiger partial charge in [-0.2, -0.15) is 0 Å². The number of aryl methyl sites for hydroxylation is 1. The molecule has 1 atom stereocenters. The first-order valence-electron chi connectivity index (χ1n) is 2.69. The molecule has 0 aliphatic heterocycles. The first kappa shape index (κ1) is 6.74. The Labute approximate surface area is 57.9 Å². The number of nitrogens with two attached hydrogens (primary N) is 1. The van der Waals surface area contributed by atoms with Crippen molar-refractivity contribution in [3.05, 3.63) is 21.9 Å². The first-order chi connectivity index (χ1) is 4.22. The van der Waals surface area contributed by atoms with Crippen molar-refractivity contribution in [3.63, 3.8) is 0 Å². The van der Waals surface area contributed by atoms with E-state index in [2.05, 4.69) is 0 Å². The fourth-order valence-electron chi connectivity index (χ4n) is 0.687. The second-order valence-electron chi connectivity index (χ2n) is 1.91. The third-order valence-electron chi connectivity index (χ3n) is 1.17. The van der Waals surface area contributed by atoms with E-state index in [0.717, 1.165) is 10.4 Å². The van der Waals surface area contributed by atoms with Crippen molar-refractivity contribution in [1.29, 1.82) is 0 Å². The van der Waals surface area contributed by atoms with Crippen molar-refractivity contribution < 1.29 is 5.11 Å². The highest BCUT2D eigenvalue weighted by Gasteiger charge is 2.04. The molecule has 3 N–H and O–H groups in total. The Morgan fingerprint density at radius 1 is 1.78 bits per heavy atom. The van der Waals surface area contributed by atoms with Crippen LogP contribution in [0.25, 0.3) is 0 Å². The van der Waals surface area contributed by atoms with Gasteiger partial charge in [-0.1, -0.05) is 0 Å². The summed E-state index contributed by atoms with van der Waals surface area (Å²) in [4.78, 5) is 0.856. The van der Waals surface area contributed by atoms with Gasteiger partial charge in [0.1, 0.15) is 6.23 Å². The maximum atomic E-state index is 8.88. The summed E-state index contributed by atoms with van der Waals surface area (Å²) in [7, 11) is 0. The quantitative estimate of drug-likeness (QED) is 0.576. The smallest absolute Gasteiger partial charge is 0.138 e. The van der Waals surface area contributed by atoms with Gasteiger partial charge in [-0.05, 0) is 23.9 Å². The summed E-state index contributed by atoms with van der Waals surface area (Å²) in [6.45, 7) is 1.93.